The molecule has 2 aromatic carbocycles. The van der Waals surface area contributed by atoms with Crippen LogP contribution in [0.15, 0.2) is 48.7 Å². The second kappa shape index (κ2) is 4.87. The number of benzene rings is 2. The standard InChI is InChI=1S/C16H10N4/c17-8-13-6-15-11-20(10-12-4-2-1-3-5-12)19-16(15)7-14(13)9-18/h1-7,11H,10H2. The molecule has 4 heteroatoms. The fourth-order valence-electron chi connectivity index (χ4n) is 2.16. The molecule has 0 bridgehead atoms. The van der Waals surface area contributed by atoms with Gasteiger partial charge in [-0.3, -0.25) is 4.68 Å². The van der Waals surface area contributed by atoms with E-state index in [1.165, 1.54) is 0 Å². The molecule has 0 aliphatic heterocycles. The fourth-order valence-corrected chi connectivity index (χ4v) is 2.16. The molecule has 0 saturated heterocycles. The number of hydrogen-bond donors (Lipinski definition) is 0. The number of nitriles is 2. The van der Waals surface area contributed by atoms with Gasteiger partial charge in [-0.2, -0.15) is 15.6 Å². The zero-order valence-corrected chi connectivity index (χ0v) is 10.6. The van der Waals surface area contributed by atoms with E-state index >= 15 is 0 Å². The van der Waals surface area contributed by atoms with E-state index < -0.39 is 0 Å². The Morgan fingerprint density at radius 2 is 1.70 bits per heavy atom. The van der Waals surface area contributed by atoms with Crippen LogP contribution in [-0.4, -0.2) is 9.78 Å². The van der Waals surface area contributed by atoms with Gasteiger partial charge < -0.3 is 0 Å². The monoisotopic (exact) mass is 258 g/mol. The van der Waals surface area contributed by atoms with Crippen molar-refractivity contribution < 1.29 is 0 Å². The van der Waals surface area contributed by atoms with Crippen molar-refractivity contribution in [2.75, 3.05) is 0 Å². The van der Waals surface area contributed by atoms with E-state index in [-0.39, 0.29) is 0 Å². The number of fused-ring (bicyclic) bond motifs is 1. The molecule has 0 spiro atoms. The third-order valence-electron chi connectivity index (χ3n) is 3.12. The molecule has 0 N–H and O–H groups in total. The van der Waals surface area contributed by atoms with Gasteiger partial charge in [0.1, 0.15) is 12.1 Å². The first kappa shape index (κ1) is 12.0. The first-order chi connectivity index (χ1) is 9.80. The number of aromatic nitrogens is 2. The lowest BCUT2D eigenvalue weighted by atomic mass is 10.1. The Morgan fingerprint density at radius 1 is 1.00 bits per heavy atom. The van der Waals surface area contributed by atoms with Crippen LogP contribution in [0.5, 0.6) is 0 Å². The number of rotatable bonds is 2. The van der Waals surface area contributed by atoms with Gasteiger partial charge in [-0.05, 0) is 17.7 Å². The zero-order chi connectivity index (χ0) is 13.9. The number of nitrogens with zero attached hydrogens (tertiary/aromatic N) is 4. The Labute approximate surface area is 116 Å². The van der Waals surface area contributed by atoms with Crippen molar-refractivity contribution in [3.63, 3.8) is 0 Å². The summed E-state index contributed by atoms with van der Waals surface area (Å²) in [7, 11) is 0. The van der Waals surface area contributed by atoms with Crippen LogP contribution in [0.1, 0.15) is 16.7 Å². The first-order valence-corrected chi connectivity index (χ1v) is 6.15. The second-order valence-electron chi connectivity index (χ2n) is 4.49. The van der Waals surface area contributed by atoms with Crippen LogP contribution >= 0.6 is 0 Å². The molecule has 4 nitrogen and oxygen atoms in total. The zero-order valence-electron chi connectivity index (χ0n) is 10.6. The average Bonchev–Trinajstić information content (AvgIpc) is 2.87. The molecule has 0 atom stereocenters. The SMILES string of the molecule is N#Cc1cc2cn(Cc3ccccc3)nc2cc1C#N. The van der Waals surface area contributed by atoms with Gasteiger partial charge in [0.15, 0.2) is 0 Å². The van der Waals surface area contributed by atoms with Crippen LogP contribution in [0, 0.1) is 22.7 Å². The van der Waals surface area contributed by atoms with E-state index in [9.17, 15) is 0 Å². The summed E-state index contributed by atoms with van der Waals surface area (Å²) in [6.07, 6.45) is 1.89. The van der Waals surface area contributed by atoms with Crippen molar-refractivity contribution in [2.45, 2.75) is 6.54 Å². The van der Waals surface area contributed by atoms with Crippen molar-refractivity contribution >= 4 is 10.9 Å². The Hall–Kier alpha value is -3.11. The van der Waals surface area contributed by atoms with E-state index in [1.807, 2.05) is 53.3 Å². The molecule has 0 amide bonds. The summed E-state index contributed by atoms with van der Waals surface area (Å²) in [5.41, 5.74) is 2.64. The number of hydrogen-bond acceptors (Lipinski definition) is 3. The lowest BCUT2D eigenvalue weighted by Crippen LogP contribution is -1.99. The fraction of sp³-hybridized carbons (Fsp3) is 0.0625. The molecule has 1 heterocycles. The van der Waals surface area contributed by atoms with Gasteiger partial charge in [0.2, 0.25) is 0 Å². The van der Waals surface area contributed by atoms with Gasteiger partial charge in [-0.25, -0.2) is 0 Å². The van der Waals surface area contributed by atoms with Crippen LogP contribution in [0.2, 0.25) is 0 Å². The molecule has 3 rings (SSSR count). The topological polar surface area (TPSA) is 65.4 Å². The van der Waals surface area contributed by atoms with Crippen LogP contribution in [0.3, 0.4) is 0 Å². The van der Waals surface area contributed by atoms with Crippen molar-refractivity contribution in [2.24, 2.45) is 0 Å². The molecule has 3 aromatic rings. The molecule has 0 fully saturated rings. The minimum Gasteiger partial charge on any atom is -0.267 e. The van der Waals surface area contributed by atoms with Gasteiger partial charge in [0.05, 0.1) is 23.2 Å². The van der Waals surface area contributed by atoms with Gasteiger partial charge in [-0.1, -0.05) is 30.3 Å². The smallest absolute Gasteiger partial charge is 0.101 e. The highest BCUT2D eigenvalue weighted by molar-refractivity contribution is 5.82. The maximum absolute atomic E-state index is 9.02. The minimum absolute atomic E-state index is 0.366. The predicted molar refractivity (Wildman–Crippen MR) is 74.7 cm³/mol. The molecule has 94 valence electrons. The summed E-state index contributed by atoms with van der Waals surface area (Å²) < 4.78 is 1.82. The first-order valence-electron chi connectivity index (χ1n) is 6.15. The van der Waals surface area contributed by atoms with Crippen LogP contribution in [0.4, 0.5) is 0 Å². The highest BCUT2D eigenvalue weighted by atomic mass is 15.3. The van der Waals surface area contributed by atoms with Crippen molar-refractivity contribution in [1.82, 2.24) is 9.78 Å². The third kappa shape index (κ3) is 2.11. The Kier molecular flexibility index (Phi) is 2.91. The normalized spacial score (nSPS) is 10.1. The Morgan fingerprint density at radius 3 is 2.40 bits per heavy atom. The lowest BCUT2D eigenvalue weighted by Gasteiger charge is -2.00. The molecule has 0 aliphatic rings. The highest BCUT2D eigenvalue weighted by Gasteiger charge is 2.07. The quantitative estimate of drug-likeness (QED) is 0.709. The molecule has 20 heavy (non-hydrogen) atoms. The van der Waals surface area contributed by atoms with Gasteiger partial charge >= 0.3 is 0 Å². The minimum atomic E-state index is 0.366. The summed E-state index contributed by atoms with van der Waals surface area (Å²) >= 11 is 0. The Balaban J connectivity index is 2.04. The van der Waals surface area contributed by atoms with E-state index in [4.69, 9.17) is 10.5 Å². The van der Waals surface area contributed by atoms with Crippen molar-refractivity contribution in [3.05, 3.63) is 65.4 Å². The van der Waals surface area contributed by atoms with Crippen LogP contribution in [-0.2, 0) is 6.54 Å². The molecule has 0 aliphatic carbocycles. The summed E-state index contributed by atoms with van der Waals surface area (Å²) in [5.74, 6) is 0. The second-order valence-corrected chi connectivity index (χ2v) is 4.49. The average molecular weight is 258 g/mol. The van der Waals surface area contributed by atoms with Gasteiger partial charge in [-0.15, -0.1) is 0 Å². The molecule has 1 aromatic heterocycles. The predicted octanol–water partition coefficient (Wildman–Crippen LogP) is 2.83. The van der Waals surface area contributed by atoms with Crippen molar-refractivity contribution in [1.29, 1.82) is 10.5 Å². The summed E-state index contributed by atoms with van der Waals surface area (Å²) in [6.45, 7) is 0.666. The van der Waals surface area contributed by atoms with E-state index in [2.05, 4.69) is 5.10 Å². The Bertz CT molecular complexity index is 797. The van der Waals surface area contributed by atoms with E-state index in [1.54, 1.807) is 12.1 Å². The van der Waals surface area contributed by atoms with Gasteiger partial charge in [0.25, 0.3) is 0 Å². The largest absolute Gasteiger partial charge is 0.267 e. The maximum atomic E-state index is 9.02. The molecule has 0 unspecified atom stereocenters. The molecule has 0 radical (unpaired) electrons. The lowest BCUT2D eigenvalue weighted by molar-refractivity contribution is 0.696. The summed E-state index contributed by atoms with van der Waals surface area (Å²) in [5, 5.41) is 23.4. The van der Waals surface area contributed by atoms with E-state index in [0.717, 1.165) is 16.5 Å². The third-order valence-corrected chi connectivity index (χ3v) is 3.12. The summed E-state index contributed by atoms with van der Waals surface area (Å²) in [6, 6.07) is 17.5. The molecular formula is C16H10N4. The van der Waals surface area contributed by atoms with Crippen molar-refractivity contribution in [3.8, 4) is 12.1 Å². The van der Waals surface area contributed by atoms with E-state index in [0.29, 0.717) is 17.7 Å². The maximum Gasteiger partial charge on any atom is 0.101 e. The van der Waals surface area contributed by atoms with Crippen LogP contribution in [0.25, 0.3) is 10.9 Å². The molecular weight excluding hydrogens is 248 g/mol. The van der Waals surface area contributed by atoms with Crippen LogP contribution < -0.4 is 0 Å². The highest BCUT2D eigenvalue weighted by Crippen LogP contribution is 2.18. The van der Waals surface area contributed by atoms with Gasteiger partial charge in [0, 0.05) is 11.6 Å². The summed E-state index contributed by atoms with van der Waals surface area (Å²) in [4.78, 5) is 0. The molecule has 0 saturated carbocycles.